The molecule has 0 unspecified atom stereocenters. The van der Waals surface area contributed by atoms with Crippen LogP contribution in [0.1, 0.15) is 31.8 Å². The summed E-state index contributed by atoms with van der Waals surface area (Å²) in [7, 11) is 5.90. The van der Waals surface area contributed by atoms with Crippen LogP contribution in [0.25, 0.3) is 0 Å². The zero-order chi connectivity index (χ0) is 30.5. The maximum absolute atomic E-state index is 12.3. The monoisotopic (exact) mass is 580 g/mol. The third kappa shape index (κ3) is 8.88. The standard InChI is InChI=1S/C30H32N2O10/c1-37-23-11-9-21(13-25(23)39-3)29(35)31-15-27(33)41-17-19-5-7-20(8-6-19)18-42-28(34)16-32-30(36)22-10-12-24(38-2)26(14-22)40-4/h5-14H,15-18H2,1-4H3,(H,31,35)(H,32,36). The number of hydrogen-bond acceptors (Lipinski definition) is 10. The first-order chi connectivity index (χ1) is 20.3. The van der Waals surface area contributed by atoms with Crippen LogP contribution in [0.5, 0.6) is 23.0 Å². The lowest BCUT2D eigenvalue weighted by molar-refractivity contribution is -0.144. The molecule has 0 heterocycles. The molecule has 0 radical (unpaired) electrons. The highest BCUT2D eigenvalue weighted by atomic mass is 16.5. The van der Waals surface area contributed by atoms with Crippen LogP contribution in [0, 0.1) is 0 Å². The minimum atomic E-state index is -0.614. The molecule has 3 rings (SSSR count). The lowest BCUT2D eigenvalue weighted by Gasteiger charge is -2.11. The average Bonchev–Trinajstić information content (AvgIpc) is 3.03. The van der Waals surface area contributed by atoms with E-state index in [0.29, 0.717) is 45.3 Å². The molecule has 0 atom stereocenters. The maximum atomic E-state index is 12.3. The van der Waals surface area contributed by atoms with E-state index >= 15 is 0 Å². The van der Waals surface area contributed by atoms with Gasteiger partial charge in [-0.25, -0.2) is 0 Å². The van der Waals surface area contributed by atoms with Gasteiger partial charge in [-0.05, 0) is 47.5 Å². The Morgan fingerprint density at radius 2 is 0.881 bits per heavy atom. The van der Waals surface area contributed by atoms with Gasteiger partial charge in [0.25, 0.3) is 11.8 Å². The van der Waals surface area contributed by atoms with Gasteiger partial charge in [0.1, 0.15) is 26.3 Å². The lowest BCUT2D eigenvalue weighted by Crippen LogP contribution is -2.30. The van der Waals surface area contributed by atoms with Gasteiger partial charge < -0.3 is 39.1 Å². The maximum Gasteiger partial charge on any atom is 0.325 e. The molecule has 0 bridgehead atoms. The molecule has 0 aliphatic carbocycles. The van der Waals surface area contributed by atoms with Crippen LogP contribution in [-0.4, -0.2) is 65.3 Å². The van der Waals surface area contributed by atoms with Gasteiger partial charge in [0.2, 0.25) is 0 Å². The predicted octanol–water partition coefficient (Wildman–Crippen LogP) is 2.67. The van der Waals surface area contributed by atoms with E-state index in [4.69, 9.17) is 28.4 Å². The van der Waals surface area contributed by atoms with E-state index < -0.39 is 23.8 Å². The molecule has 0 saturated carbocycles. The Morgan fingerprint density at radius 3 is 1.21 bits per heavy atom. The summed E-state index contributed by atoms with van der Waals surface area (Å²) >= 11 is 0. The van der Waals surface area contributed by atoms with E-state index in [1.54, 1.807) is 48.5 Å². The normalized spacial score (nSPS) is 10.2. The minimum absolute atomic E-state index is 0.00664. The van der Waals surface area contributed by atoms with E-state index in [-0.39, 0.29) is 26.3 Å². The van der Waals surface area contributed by atoms with Crippen molar-refractivity contribution in [2.24, 2.45) is 0 Å². The Morgan fingerprint density at radius 1 is 0.524 bits per heavy atom. The third-order valence-electron chi connectivity index (χ3n) is 5.90. The molecule has 0 aliphatic rings. The first-order valence-electron chi connectivity index (χ1n) is 12.7. The zero-order valence-electron chi connectivity index (χ0n) is 23.7. The lowest BCUT2D eigenvalue weighted by atomic mass is 10.1. The van der Waals surface area contributed by atoms with Gasteiger partial charge in [0.15, 0.2) is 23.0 Å². The Labute approximate surface area is 242 Å². The molecule has 0 spiro atoms. The fourth-order valence-corrected chi connectivity index (χ4v) is 3.63. The number of benzene rings is 3. The van der Waals surface area contributed by atoms with Gasteiger partial charge in [-0.2, -0.15) is 0 Å². The Bertz CT molecular complexity index is 1300. The molecule has 0 aliphatic heterocycles. The molecule has 3 aromatic carbocycles. The van der Waals surface area contributed by atoms with Gasteiger partial charge in [0, 0.05) is 11.1 Å². The molecular weight excluding hydrogens is 548 g/mol. The second-order valence-corrected chi connectivity index (χ2v) is 8.64. The van der Waals surface area contributed by atoms with Gasteiger partial charge >= 0.3 is 11.9 Å². The van der Waals surface area contributed by atoms with Crippen LogP contribution in [0.2, 0.25) is 0 Å². The highest BCUT2D eigenvalue weighted by Crippen LogP contribution is 2.28. The minimum Gasteiger partial charge on any atom is -0.493 e. The Kier molecular flexibility index (Phi) is 11.5. The number of methoxy groups -OCH3 is 4. The summed E-state index contributed by atoms with van der Waals surface area (Å²) in [6.45, 7) is -0.645. The number of rotatable bonds is 14. The molecule has 12 heteroatoms. The quantitative estimate of drug-likeness (QED) is 0.273. The fraction of sp³-hybridized carbons (Fsp3) is 0.267. The topological polar surface area (TPSA) is 148 Å². The van der Waals surface area contributed by atoms with Crippen LogP contribution >= 0.6 is 0 Å². The molecule has 2 N–H and O–H groups in total. The van der Waals surface area contributed by atoms with Gasteiger partial charge in [-0.15, -0.1) is 0 Å². The average molecular weight is 581 g/mol. The van der Waals surface area contributed by atoms with Crippen molar-refractivity contribution in [3.05, 3.63) is 82.9 Å². The smallest absolute Gasteiger partial charge is 0.325 e. The first kappa shape index (κ1) is 31.3. The second kappa shape index (κ2) is 15.5. The van der Waals surface area contributed by atoms with Crippen molar-refractivity contribution in [3.8, 4) is 23.0 Å². The van der Waals surface area contributed by atoms with Gasteiger partial charge in [0.05, 0.1) is 28.4 Å². The van der Waals surface area contributed by atoms with Crippen LogP contribution in [-0.2, 0) is 32.3 Å². The molecular formula is C30H32N2O10. The first-order valence-corrected chi connectivity index (χ1v) is 12.7. The van der Waals surface area contributed by atoms with Gasteiger partial charge in [-0.1, -0.05) is 24.3 Å². The molecule has 12 nitrogen and oxygen atoms in total. The van der Waals surface area contributed by atoms with Crippen molar-refractivity contribution in [2.75, 3.05) is 41.5 Å². The molecule has 0 saturated heterocycles. The summed E-state index contributed by atoms with van der Waals surface area (Å²) in [5, 5.41) is 5.00. The van der Waals surface area contributed by atoms with Crippen LogP contribution in [0.3, 0.4) is 0 Å². The van der Waals surface area contributed by atoms with E-state index in [9.17, 15) is 19.2 Å². The molecule has 0 aromatic heterocycles. The highest BCUT2D eigenvalue weighted by Gasteiger charge is 2.14. The SMILES string of the molecule is COc1ccc(C(=O)NCC(=O)OCc2ccc(COC(=O)CNC(=O)c3ccc(OC)c(OC)c3)cc2)cc1OC. The van der Waals surface area contributed by atoms with Crippen LogP contribution in [0.4, 0.5) is 0 Å². The molecule has 42 heavy (non-hydrogen) atoms. The van der Waals surface area contributed by atoms with Crippen molar-refractivity contribution in [1.29, 1.82) is 0 Å². The summed E-state index contributed by atoms with van der Waals surface area (Å²) in [5.74, 6) is -0.414. The molecule has 0 fully saturated rings. The summed E-state index contributed by atoms with van der Waals surface area (Å²) in [5.41, 5.74) is 2.01. The van der Waals surface area contributed by atoms with Gasteiger partial charge in [-0.3, -0.25) is 19.2 Å². The number of ether oxygens (including phenoxy) is 6. The van der Waals surface area contributed by atoms with E-state index in [0.717, 1.165) is 0 Å². The van der Waals surface area contributed by atoms with Crippen molar-refractivity contribution in [1.82, 2.24) is 10.6 Å². The van der Waals surface area contributed by atoms with E-state index in [1.165, 1.54) is 40.6 Å². The largest absolute Gasteiger partial charge is 0.493 e. The Hall–Kier alpha value is -5.26. The summed E-state index contributed by atoms with van der Waals surface area (Å²) in [6, 6.07) is 16.2. The number of carbonyl (C=O) groups excluding carboxylic acids is 4. The number of carbonyl (C=O) groups is 4. The fourth-order valence-electron chi connectivity index (χ4n) is 3.63. The van der Waals surface area contributed by atoms with Crippen molar-refractivity contribution in [3.63, 3.8) is 0 Å². The van der Waals surface area contributed by atoms with E-state index in [1.807, 2.05) is 0 Å². The third-order valence-corrected chi connectivity index (χ3v) is 5.90. The van der Waals surface area contributed by atoms with Crippen LogP contribution in [0.15, 0.2) is 60.7 Å². The summed E-state index contributed by atoms with van der Waals surface area (Å²) < 4.78 is 31.1. The summed E-state index contributed by atoms with van der Waals surface area (Å²) in [6.07, 6.45) is 0. The summed E-state index contributed by atoms with van der Waals surface area (Å²) in [4.78, 5) is 48.9. The number of nitrogens with one attached hydrogen (secondary N) is 2. The van der Waals surface area contributed by atoms with Crippen molar-refractivity contribution in [2.45, 2.75) is 13.2 Å². The molecule has 222 valence electrons. The predicted molar refractivity (Wildman–Crippen MR) is 150 cm³/mol. The number of esters is 2. The Balaban J connectivity index is 1.37. The molecule has 2 amide bonds. The highest BCUT2D eigenvalue weighted by molar-refractivity contribution is 5.97. The van der Waals surface area contributed by atoms with Crippen LogP contribution < -0.4 is 29.6 Å². The number of amides is 2. The van der Waals surface area contributed by atoms with Crippen molar-refractivity contribution >= 4 is 23.8 Å². The van der Waals surface area contributed by atoms with Crippen molar-refractivity contribution < 1.29 is 47.6 Å². The number of hydrogen-bond donors (Lipinski definition) is 2. The molecule has 3 aromatic rings. The second-order valence-electron chi connectivity index (χ2n) is 8.64. The zero-order valence-corrected chi connectivity index (χ0v) is 23.7. The van der Waals surface area contributed by atoms with E-state index in [2.05, 4.69) is 10.6 Å².